The molecule has 1 N–H and O–H groups in total. The van der Waals surface area contributed by atoms with Crippen LogP contribution in [-0.2, 0) is 16.1 Å². The molecule has 1 saturated heterocycles. The number of pyridine rings is 1. The third-order valence-corrected chi connectivity index (χ3v) is 6.00. The minimum atomic E-state index is -0.417. The number of aromatic nitrogens is 1. The third kappa shape index (κ3) is 4.22. The molecule has 3 aromatic rings. The number of benzene rings is 2. The summed E-state index contributed by atoms with van der Waals surface area (Å²) in [4.78, 5) is 34.2. The number of nitrogens with one attached hydrogen (secondary N) is 1. The highest BCUT2D eigenvalue weighted by atomic mass is 19.1. The summed E-state index contributed by atoms with van der Waals surface area (Å²) in [5.74, 6) is -1.24. The first-order valence-corrected chi connectivity index (χ1v) is 11.0. The van der Waals surface area contributed by atoms with E-state index in [-0.39, 0.29) is 17.8 Å². The lowest BCUT2D eigenvalue weighted by atomic mass is 10.0. The summed E-state index contributed by atoms with van der Waals surface area (Å²) in [5.41, 5.74) is 3.55. The summed E-state index contributed by atoms with van der Waals surface area (Å²) in [6.07, 6.45) is 5.63. The Morgan fingerprint density at radius 3 is 2.18 bits per heavy atom. The first-order chi connectivity index (χ1) is 16.1. The molecule has 6 nitrogen and oxygen atoms in total. The van der Waals surface area contributed by atoms with Gasteiger partial charge in [-0.15, -0.1) is 0 Å². The molecule has 0 radical (unpaired) electrons. The summed E-state index contributed by atoms with van der Waals surface area (Å²) in [6.45, 7) is 2.22. The second-order valence-corrected chi connectivity index (χ2v) is 8.17. The van der Waals surface area contributed by atoms with Crippen molar-refractivity contribution < 1.29 is 14.0 Å². The van der Waals surface area contributed by atoms with Crippen LogP contribution in [0.4, 0.5) is 15.8 Å². The molecule has 3 heterocycles. The summed E-state index contributed by atoms with van der Waals surface area (Å²) >= 11 is 0. The van der Waals surface area contributed by atoms with Crippen LogP contribution in [0.2, 0.25) is 0 Å². The van der Waals surface area contributed by atoms with Crippen molar-refractivity contribution >= 4 is 28.8 Å². The van der Waals surface area contributed by atoms with E-state index in [0.29, 0.717) is 11.3 Å². The van der Waals surface area contributed by atoms with Crippen molar-refractivity contribution in [3.8, 4) is 0 Å². The van der Waals surface area contributed by atoms with Gasteiger partial charge in [0.25, 0.3) is 11.8 Å². The Labute approximate surface area is 191 Å². The number of hydrogen-bond acceptors (Lipinski definition) is 5. The van der Waals surface area contributed by atoms with E-state index in [1.54, 1.807) is 24.5 Å². The fourth-order valence-corrected chi connectivity index (χ4v) is 4.27. The van der Waals surface area contributed by atoms with Crippen LogP contribution in [0.25, 0.3) is 5.57 Å². The van der Waals surface area contributed by atoms with Gasteiger partial charge in [0, 0.05) is 36.9 Å². The number of amides is 2. The molecule has 2 aliphatic heterocycles. The SMILES string of the molecule is O=C1C(Nc2ccc(N3CCCC3)cc2)=C(c2ccc(F)cc2)C(=O)N1Cc1ccncc1. The number of carbonyl (C=O) groups excluding carboxylic acids is 2. The molecular weight excluding hydrogens is 419 g/mol. The monoisotopic (exact) mass is 442 g/mol. The number of nitrogens with zero attached hydrogens (tertiary/aromatic N) is 3. The van der Waals surface area contributed by atoms with Crippen LogP contribution in [0.5, 0.6) is 0 Å². The van der Waals surface area contributed by atoms with Gasteiger partial charge in [-0.1, -0.05) is 12.1 Å². The lowest BCUT2D eigenvalue weighted by Gasteiger charge is -2.18. The topological polar surface area (TPSA) is 65.5 Å². The highest BCUT2D eigenvalue weighted by molar-refractivity contribution is 6.36. The standard InChI is InChI=1S/C26H23FN4O2/c27-20-5-3-19(4-6-20)23-24(26(33)31(25(23)32)17-18-11-13-28-14-12-18)29-21-7-9-22(10-8-21)30-15-1-2-16-30/h3-14,29H,1-2,15-17H2. The Bertz CT molecular complexity index is 1200. The lowest BCUT2D eigenvalue weighted by Crippen LogP contribution is -2.32. The fourth-order valence-electron chi connectivity index (χ4n) is 4.27. The zero-order valence-corrected chi connectivity index (χ0v) is 18.0. The number of carbonyl (C=O) groups is 2. The molecular formula is C26H23FN4O2. The van der Waals surface area contributed by atoms with Gasteiger partial charge in [-0.05, 0) is 72.5 Å². The minimum Gasteiger partial charge on any atom is -0.372 e. The number of rotatable bonds is 6. The van der Waals surface area contributed by atoms with Crippen LogP contribution in [0, 0.1) is 5.82 Å². The second-order valence-electron chi connectivity index (χ2n) is 8.17. The van der Waals surface area contributed by atoms with E-state index in [1.807, 2.05) is 24.3 Å². The maximum absolute atomic E-state index is 13.5. The van der Waals surface area contributed by atoms with Gasteiger partial charge >= 0.3 is 0 Å². The molecule has 0 spiro atoms. The summed E-state index contributed by atoms with van der Waals surface area (Å²) in [7, 11) is 0. The Morgan fingerprint density at radius 2 is 1.52 bits per heavy atom. The normalized spacial score (nSPS) is 16.2. The summed E-state index contributed by atoms with van der Waals surface area (Å²) in [6, 6.07) is 17.0. The van der Waals surface area contributed by atoms with Gasteiger partial charge < -0.3 is 10.2 Å². The number of imide groups is 1. The quantitative estimate of drug-likeness (QED) is 0.580. The zero-order chi connectivity index (χ0) is 22.8. The van der Waals surface area contributed by atoms with Crippen LogP contribution in [0.3, 0.4) is 0 Å². The van der Waals surface area contributed by atoms with E-state index in [2.05, 4.69) is 15.2 Å². The molecule has 0 atom stereocenters. The Morgan fingerprint density at radius 1 is 0.848 bits per heavy atom. The highest BCUT2D eigenvalue weighted by Crippen LogP contribution is 2.32. The molecule has 7 heteroatoms. The Balaban J connectivity index is 1.47. The molecule has 2 aliphatic rings. The summed E-state index contributed by atoms with van der Waals surface area (Å²) in [5, 5.41) is 3.16. The van der Waals surface area contributed by atoms with Gasteiger partial charge in [-0.2, -0.15) is 0 Å². The van der Waals surface area contributed by atoms with Crippen LogP contribution in [0.15, 0.2) is 78.8 Å². The summed E-state index contributed by atoms with van der Waals surface area (Å²) < 4.78 is 13.5. The Kier molecular flexibility index (Phi) is 5.60. The molecule has 0 saturated carbocycles. The fraction of sp³-hybridized carbons (Fsp3) is 0.192. The average molecular weight is 442 g/mol. The second kappa shape index (κ2) is 8.86. The third-order valence-electron chi connectivity index (χ3n) is 6.00. The molecule has 5 rings (SSSR count). The Hall–Kier alpha value is -4.00. The van der Waals surface area contributed by atoms with Crippen LogP contribution >= 0.6 is 0 Å². The number of hydrogen-bond donors (Lipinski definition) is 1. The first kappa shape index (κ1) is 20.9. The van der Waals surface area contributed by atoms with E-state index < -0.39 is 17.6 Å². The zero-order valence-electron chi connectivity index (χ0n) is 18.0. The van der Waals surface area contributed by atoms with Crippen molar-refractivity contribution in [2.24, 2.45) is 0 Å². The number of anilines is 2. The van der Waals surface area contributed by atoms with Gasteiger partial charge in [-0.25, -0.2) is 4.39 Å². The van der Waals surface area contributed by atoms with Crippen molar-refractivity contribution in [1.82, 2.24) is 9.88 Å². The maximum atomic E-state index is 13.5. The van der Waals surface area contributed by atoms with E-state index in [1.165, 1.54) is 42.0 Å². The molecule has 0 aliphatic carbocycles. The van der Waals surface area contributed by atoms with Gasteiger partial charge in [0.15, 0.2) is 0 Å². The van der Waals surface area contributed by atoms with Crippen LogP contribution in [0.1, 0.15) is 24.0 Å². The number of halogens is 1. The minimum absolute atomic E-state index is 0.129. The molecule has 1 fully saturated rings. The lowest BCUT2D eigenvalue weighted by molar-refractivity contribution is -0.137. The van der Waals surface area contributed by atoms with Crippen molar-refractivity contribution in [3.63, 3.8) is 0 Å². The molecule has 33 heavy (non-hydrogen) atoms. The van der Waals surface area contributed by atoms with E-state index in [4.69, 9.17) is 0 Å². The first-order valence-electron chi connectivity index (χ1n) is 11.0. The van der Waals surface area contributed by atoms with Crippen molar-refractivity contribution in [2.45, 2.75) is 19.4 Å². The molecule has 0 unspecified atom stereocenters. The molecule has 166 valence electrons. The van der Waals surface area contributed by atoms with Gasteiger partial charge in [0.1, 0.15) is 11.5 Å². The molecule has 2 aromatic carbocycles. The van der Waals surface area contributed by atoms with Gasteiger partial charge in [-0.3, -0.25) is 19.5 Å². The smallest absolute Gasteiger partial charge is 0.278 e. The molecule has 0 bridgehead atoms. The van der Waals surface area contributed by atoms with Gasteiger partial charge in [0.2, 0.25) is 0 Å². The van der Waals surface area contributed by atoms with Crippen molar-refractivity contribution in [2.75, 3.05) is 23.3 Å². The predicted molar refractivity (Wildman–Crippen MR) is 125 cm³/mol. The van der Waals surface area contributed by atoms with Crippen molar-refractivity contribution in [1.29, 1.82) is 0 Å². The van der Waals surface area contributed by atoms with E-state index in [0.717, 1.165) is 24.3 Å². The molecule has 1 aromatic heterocycles. The molecule has 2 amide bonds. The van der Waals surface area contributed by atoms with Crippen LogP contribution < -0.4 is 10.2 Å². The average Bonchev–Trinajstić information content (AvgIpc) is 3.45. The van der Waals surface area contributed by atoms with Crippen LogP contribution in [-0.4, -0.2) is 34.8 Å². The van der Waals surface area contributed by atoms with Gasteiger partial charge in [0.05, 0.1) is 12.1 Å². The predicted octanol–water partition coefficient (Wildman–Crippen LogP) is 4.21. The van der Waals surface area contributed by atoms with Crippen molar-refractivity contribution in [3.05, 3.63) is 95.7 Å². The highest BCUT2D eigenvalue weighted by Gasteiger charge is 2.39. The maximum Gasteiger partial charge on any atom is 0.278 e. The largest absolute Gasteiger partial charge is 0.372 e. The van der Waals surface area contributed by atoms with E-state index in [9.17, 15) is 14.0 Å². The van der Waals surface area contributed by atoms with E-state index >= 15 is 0 Å².